The first kappa shape index (κ1) is 28.7. The number of hydrogen-bond donors (Lipinski definition) is 0. The van der Waals surface area contributed by atoms with Crippen molar-refractivity contribution in [3.8, 4) is 0 Å². The van der Waals surface area contributed by atoms with Crippen LogP contribution in [0.3, 0.4) is 0 Å². The lowest BCUT2D eigenvalue weighted by Crippen LogP contribution is -2.64. The maximum absolute atomic E-state index is 13.6. The Kier molecular flexibility index (Phi) is 7.72. The van der Waals surface area contributed by atoms with E-state index in [0.29, 0.717) is 0 Å². The summed E-state index contributed by atoms with van der Waals surface area (Å²) in [7, 11) is 0. The summed E-state index contributed by atoms with van der Waals surface area (Å²) in [5, 5.41) is 0. The van der Waals surface area contributed by atoms with Gasteiger partial charge in [0.25, 0.3) is 0 Å². The Morgan fingerprint density at radius 1 is 0.645 bits per heavy atom. The Morgan fingerprint density at radius 3 is 1.39 bits per heavy atom. The maximum Gasteiger partial charge on any atom is 0.471 e. The number of Topliss-reactive ketones (excluding diaryl/α,β-unsaturated/α-hetero) is 2. The first-order valence-corrected chi connectivity index (χ1v) is 6.46. The summed E-state index contributed by atoms with van der Waals surface area (Å²) in [6.07, 6.45) is -35.7. The number of ether oxygens (including phenoxy) is 2. The molecule has 0 bridgehead atoms. The standard InChI is InChI=1S/C11H2F16O4/c12-4(13)5(14)30-11(26,27)8(20,9(21,22)23)31-10(24,25)6(15,16)2(28)1-3(29)7(17,18)19/h1H2. The van der Waals surface area contributed by atoms with Crippen LogP contribution >= 0.6 is 0 Å². The van der Waals surface area contributed by atoms with Gasteiger partial charge in [0, 0.05) is 0 Å². The second kappa shape index (κ2) is 8.34. The molecule has 0 aliphatic rings. The Bertz CT molecular complexity index is 731. The fourth-order valence-corrected chi connectivity index (χ4v) is 1.26. The quantitative estimate of drug-likeness (QED) is 0.248. The molecule has 0 aliphatic carbocycles. The molecule has 4 nitrogen and oxygen atoms in total. The summed E-state index contributed by atoms with van der Waals surface area (Å²) in [6.45, 7) is 0. The highest BCUT2D eigenvalue weighted by Crippen LogP contribution is 2.53. The molecule has 31 heavy (non-hydrogen) atoms. The zero-order valence-electron chi connectivity index (χ0n) is 13.4. The number of carbonyl (C=O) groups is 2. The molecular formula is C11H2F16O4. The molecule has 0 rings (SSSR count). The number of alkyl halides is 13. The van der Waals surface area contributed by atoms with Crippen molar-refractivity contribution in [3.05, 3.63) is 12.1 Å². The molecule has 0 saturated carbocycles. The van der Waals surface area contributed by atoms with Gasteiger partial charge >= 0.3 is 48.4 Å². The Labute approximate surface area is 157 Å². The summed E-state index contributed by atoms with van der Waals surface area (Å²) < 4.78 is 205. The van der Waals surface area contributed by atoms with E-state index >= 15 is 0 Å². The Hall–Kier alpha value is -2.28. The van der Waals surface area contributed by atoms with Gasteiger partial charge in [0.1, 0.15) is 0 Å². The van der Waals surface area contributed by atoms with Gasteiger partial charge in [-0.2, -0.15) is 70.2 Å². The largest absolute Gasteiger partial charge is 0.471 e. The number of carbonyl (C=O) groups excluding carboxylic acids is 2. The van der Waals surface area contributed by atoms with E-state index in [1.165, 1.54) is 0 Å². The SMILES string of the molecule is O=C(CC(=O)C(F)(F)C(F)(F)OC(F)(C(F)(F)F)C(F)(F)OC(F)=C(F)F)C(F)(F)F. The van der Waals surface area contributed by atoms with Gasteiger partial charge in [0.2, 0.25) is 11.6 Å². The molecule has 0 aliphatic heterocycles. The van der Waals surface area contributed by atoms with Gasteiger partial charge in [0.15, 0.2) is 0 Å². The average Bonchev–Trinajstić information content (AvgIpc) is 2.51. The summed E-state index contributed by atoms with van der Waals surface area (Å²) in [6, 6.07) is -4.01. The smallest absolute Gasteiger partial charge is 0.398 e. The van der Waals surface area contributed by atoms with Crippen LogP contribution in [0.4, 0.5) is 70.2 Å². The van der Waals surface area contributed by atoms with Gasteiger partial charge in [-0.25, -0.2) is 0 Å². The zero-order chi connectivity index (χ0) is 25.4. The minimum absolute atomic E-state index is 1.59. The van der Waals surface area contributed by atoms with Gasteiger partial charge in [-0.1, -0.05) is 0 Å². The van der Waals surface area contributed by atoms with Crippen molar-refractivity contribution in [3.63, 3.8) is 0 Å². The van der Waals surface area contributed by atoms with E-state index in [9.17, 15) is 79.8 Å². The fourth-order valence-electron chi connectivity index (χ4n) is 1.26. The van der Waals surface area contributed by atoms with Crippen molar-refractivity contribution in [1.29, 1.82) is 0 Å². The molecule has 0 aromatic rings. The minimum Gasteiger partial charge on any atom is -0.398 e. The molecule has 0 radical (unpaired) electrons. The van der Waals surface area contributed by atoms with Crippen LogP contribution < -0.4 is 0 Å². The molecule has 0 fully saturated rings. The average molecular weight is 502 g/mol. The van der Waals surface area contributed by atoms with E-state index in [1.54, 1.807) is 4.74 Å². The number of rotatable bonds is 9. The third-order valence-electron chi connectivity index (χ3n) is 2.73. The Balaban J connectivity index is 6.23. The first-order chi connectivity index (χ1) is 13.3. The predicted molar refractivity (Wildman–Crippen MR) is 57.9 cm³/mol. The van der Waals surface area contributed by atoms with E-state index in [-0.39, 0.29) is 0 Å². The van der Waals surface area contributed by atoms with Crippen LogP contribution in [-0.4, -0.2) is 47.9 Å². The zero-order valence-corrected chi connectivity index (χ0v) is 13.4. The highest BCUT2D eigenvalue weighted by Gasteiger charge is 2.81. The summed E-state index contributed by atoms with van der Waals surface area (Å²) in [5.41, 5.74) is 0. The fraction of sp³-hybridized carbons (Fsp3) is 0.636. The van der Waals surface area contributed by atoms with Crippen molar-refractivity contribution < 1.29 is 89.3 Å². The lowest BCUT2D eigenvalue weighted by molar-refractivity contribution is -0.512. The van der Waals surface area contributed by atoms with E-state index in [2.05, 4.69) is 0 Å². The molecule has 0 saturated heterocycles. The lowest BCUT2D eigenvalue weighted by Gasteiger charge is -2.36. The van der Waals surface area contributed by atoms with E-state index in [4.69, 9.17) is 0 Å². The van der Waals surface area contributed by atoms with Crippen LogP contribution in [0, 0.1) is 0 Å². The molecule has 182 valence electrons. The maximum atomic E-state index is 13.6. The monoisotopic (exact) mass is 502 g/mol. The minimum atomic E-state index is -7.62. The predicted octanol–water partition coefficient (Wildman–Crippen LogP) is 5.19. The second-order valence-corrected chi connectivity index (χ2v) is 4.96. The highest BCUT2D eigenvalue weighted by atomic mass is 19.4. The first-order valence-electron chi connectivity index (χ1n) is 6.46. The molecule has 1 atom stereocenters. The van der Waals surface area contributed by atoms with Crippen molar-refractivity contribution >= 4 is 11.6 Å². The van der Waals surface area contributed by atoms with Gasteiger partial charge < -0.3 is 4.74 Å². The molecule has 0 N–H and O–H groups in total. The second-order valence-electron chi connectivity index (χ2n) is 4.96. The van der Waals surface area contributed by atoms with Gasteiger partial charge in [-0.3, -0.25) is 14.3 Å². The summed E-state index contributed by atoms with van der Waals surface area (Å²) >= 11 is 0. The van der Waals surface area contributed by atoms with Crippen molar-refractivity contribution in [2.75, 3.05) is 0 Å². The van der Waals surface area contributed by atoms with Crippen LogP contribution in [0.15, 0.2) is 12.1 Å². The van der Waals surface area contributed by atoms with Gasteiger partial charge in [0.05, 0.1) is 6.42 Å². The van der Waals surface area contributed by atoms with Crippen LogP contribution in [0.1, 0.15) is 6.42 Å². The summed E-state index contributed by atoms with van der Waals surface area (Å²) in [5.74, 6) is -22.0. The van der Waals surface area contributed by atoms with Crippen LogP contribution in [0.25, 0.3) is 0 Å². The normalized spacial score (nSPS) is 15.9. The molecule has 0 aromatic carbocycles. The molecule has 0 spiro atoms. The van der Waals surface area contributed by atoms with Crippen LogP contribution in [-0.2, 0) is 19.1 Å². The van der Waals surface area contributed by atoms with Gasteiger partial charge in [-0.15, -0.1) is 0 Å². The van der Waals surface area contributed by atoms with Crippen LogP contribution in [0.5, 0.6) is 0 Å². The lowest BCUT2D eigenvalue weighted by atomic mass is 10.1. The third kappa shape index (κ3) is 5.91. The van der Waals surface area contributed by atoms with E-state index < -0.39 is 66.4 Å². The molecule has 0 aromatic heterocycles. The third-order valence-corrected chi connectivity index (χ3v) is 2.73. The van der Waals surface area contributed by atoms with Gasteiger partial charge in [-0.05, 0) is 0 Å². The molecule has 20 heteroatoms. The molecule has 0 heterocycles. The van der Waals surface area contributed by atoms with E-state index in [1.807, 2.05) is 4.74 Å². The number of halogens is 16. The van der Waals surface area contributed by atoms with Crippen LogP contribution in [0.2, 0.25) is 0 Å². The molecular weight excluding hydrogens is 500 g/mol. The topological polar surface area (TPSA) is 52.6 Å². The van der Waals surface area contributed by atoms with Crippen molar-refractivity contribution in [2.24, 2.45) is 0 Å². The Morgan fingerprint density at radius 2 is 1.06 bits per heavy atom. The number of ketones is 2. The highest BCUT2D eigenvalue weighted by molar-refractivity contribution is 6.04. The van der Waals surface area contributed by atoms with Crippen molar-refractivity contribution in [1.82, 2.24) is 0 Å². The summed E-state index contributed by atoms with van der Waals surface area (Å²) in [4.78, 5) is 21.2. The number of hydrogen-bond acceptors (Lipinski definition) is 4. The van der Waals surface area contributed by atoms with Crippen molar-refractivity contribution in [2.45, 2.75) is 42.8 Å². The molecule has 1 unspecified atom stereocenters. The van der Waals surface area contributed by atoms with E-state index in [0.717, 1.165) is 0 Å². The molecule has 0 amide bonds.